The van der Waals surface area contributed by atoms with Crippen molar-refractivity contribution in [2.75, 3.05) is 26.2 Å². The van der Waals surface area contributed by atoms with Gasteiger partial charge < -0.3 is 5.11 Å². The van der Waals surface area contributed by atoms with Crippen molar-refractivity contribution < 1.29 is 5.11 Å². The van der Waals surface area contributed by atoms with E-state index in [1.165, 1.54) is 19.4 Å². The number of hydrogen-bond donors (Lipinski definition) is 1. The van der Waals surface area contributed by atoms with Crippen LogP contribution in [0.1, 0.15) is 33.1 Å². The molecule has 0 aromatic heterocycles. The van der Waals surface area contributed by atoms with Crippen molar-refractivity contribution in [3.8, 4) is 0 Å². The summed E-state index contributed by atoms with van der Waals surface area (Å²) < 4.78 is 0. The fraction of sp³-hybridized carbons (Fsp3) is 1.00. The van der Waals surface area contributed by atoms with Crippen molar-refractivity contribution in [2.24, 2.45) is 0 Å². The molecule has 3 nitrogen and oxygen atoms in total. The summed E-state index contributed by atoms with van der Waals surface area (Å²) in [7, 11) is 0. The number of likely N-dealkylation sites (N-methyl/N-ethyl adjacent to an activating group) is 1. The van der Waals surface area contributed by atoms with Gasteiger partial charge in [0.05, 0.1) is 6.10 Å². The minimum absolute atomic E-state index is 0.0645. The lowest BCUT2D eigenvalue weighted by molar-refractivity contribution is 0.0151. The van der Waals surface area contributed by atoms with Gasteiger partial charge in [-0.05, 0) is 32.7 Å². The Morgan fingerprint density at radius 3 is 2.60 bits per heavy atom. The molecular weight excluding hydrogens is 188 g/mol. The van der Waals surface area contributed by atoms with Crippen molar-refractivity contribution in [3.63, 3.8) is 0 Å². The fourth-order valence-corrected chi connectivity index (χ4v) is 3.14. The van der Waals surface area contributed by atoms with E-state index in [1.54, 1.807) is 0 Å². The maximum absolute atomic E-state index is 9.90. The lowest BCUT2D eigenvalue weighted by Crippen LogP contribution is -2.56. The lowest BCUT2D eigenvalue weighted by atomic mass is 10.1. The Kier molecular flexibility index (Phi) is 3.65. The van der Waals surface area contributed by atoms with Gasteiger partial charge in [-0.2, -0.15) is 0 Å². The maximum atomic E-state index is 9.90. The van der Waals surface area contributed by atoms with Gasteiger partial charge in [-0.15, -0.1) is 0 Å². The van der Waals surface area contributed by atoms with E-state index < -0.39 is 0 Å². The number of piperazine rings is 1. The average Bonchev–Trinajstić information content (AvgIpc) is 2.64. The molecule has 2 fully saturated rings. The SMILES string of the molecule is CCN1CCN(C2CCCC2O)CC1C. The highest BCUT2D eigenvalue weighted by atomic mass is 16.3. The van der Waals surface area contributed by atoms with Gasteiger partial charge in [0, 0.05) is 31.7 Å². The second-order valence-electron chi connectivity index (χ2n) is 5.04. The highest BCUT2D eigenvalue weighted by molar-refractivity contribution is 4.89. The van der Waals surface area contributed by atoms with Crippen molar-refractivity contribution >= 4 is 0 Å². The third kappa shape index (κ3) is 2.35. The van der Waals surface area contributed by atoms with Crippen LogP contribution in [-0.2, 0) is 0 Å². The molecule has 2 rings (SSSR count). The van der Waals surface area contributed by atoms with E-state index in [-0.39, 0.29) is 6.10 Å². The Morgan fingerprint density at radius 1 is 1.27 bits per heavy atom. The first kappa shape index (κ1) is 11.4. The zero-order chi connectivity index (χ0) is 10.8. The van der Waals surface area contributed by atoms with E-state index in [0.29, 0.717) is 12.1 Å². The first-order valence-electron chi connectivity index (χ1n) is 6.38. The molecule has 1 aliphatic carbocycles. The lowest BCUT2D eigenvalue weighted by Gasteiger charge is -2.42. The van der Waals surface area contributed by atoms with Crippen molar-refractivity contribution in [2.45, 2.75) is 51.3 Å². The predicted molar refractivity (Wildman–Crippen MR) is 61.9 cm³/mol. The summed E-state index contributed by atoms with van der Waals surface area (Å²) >= 11 is 0. The van der Waals surface area contributed by atoms with Crippen LogP contribution >= 0.6 is 0 Å². The highest BCUT2D eigenvalue weighted by Crippen LogP contribution is 2.26. The Morgan fingerprint density at radius 2 is 2.07 bits per heavy atom. The molecule has 1 saturated carbocycles. The van der Waals surface area contributed by atoms with Gasteiger partial charge in [-0.3, -0.25) is 9.80 Å². The van der Waals surface area contributed by atoms with E-state index in [4.69, 9.17) is 0 Å². The maximum Gasteiger partial charge on any atom is 0.0695 e. The zero-order valence-corrected chi connectivity index (χ0v) is 10.0. The summed E-state index contributed by atoms with van der Waals surface area (Å²) in [6.45, 7) is 9.13. The third-order valence-electron chi connectivity index (χ3n) is 4.12. The van der Waals surface area contributed by atoms with Crippen LogP contribution in [0.25, 0.3) is 0 Å². The van der Waals surface area contributed by atoms with Gasteiger partial charge in [0.15, 0.2) is 0 Å². The number of aliphatic hydroxyl groups excluding tert-OH is 1. The van der Waals surface area contributed by atoms with E-state index in [9.17, 15) is 5.11 Å². The van der Waals surface area contributed by atoms with Gasteiger partial charge in [-0.1, -0.05) is 6.92 Å². The largest absolute Gasteiger partial charge is 0.391 e. The minimum atomic E-state index is -0.0645. The van der Waals surface area contributed by atoms with Crippen LogP contribution in [0.5, 0.6) is 0 Å². The normalized spacial score (nSPS) is 39.8. The second kappa shape index (κ2) is 4.81. The Hall–Kier alpha value is -0.120. The van der Waals surface area contributed by atoms with E-state index >= 15 is 0 Å². The molecule has 0 bridgehead atoms. The third-order valence-corrected chi connectivity index (χ3v) is 4.12. The quantitative estimate of drug-likeness (QED) is 0.737. The summed E-state index contributed by atoms with van der Waals surface area (Å²) in [6.07, 6.45) is 3.34. The van der Waals surface area contributed by atoms with E-state index in [0.717, 1.165) is 26.1 Å². The molecule has 1 saturated heterocycles. The zero-order valence-electron chi connectivity index (χ0n) is 10.0. The van der Waals surface area contributed by atoms with Gasteiger partial charge in [-0.25, -0.2) is 0 Å². The Labute approximate surface area is 93.1 Å². The number of nitrogens with zero attached hydrogens (tertiary/aromatic N) is 2. The molecule has 0 amide bonds. The molecule has 1 N–H and O–H groups in total. The molecule has 15 heavy (non-hydrogen) atoms. The molecule has 0 aromatic carbocycles. The van der Waals surface area contributed by atoms with E-state index in [1.807, 2.05) is 0 Å². The van der Waals surface area contributed by atoms with E-state index in [2.05, 4.69) is 23.6 Å². The van der Waals surface area contributed by atoms with Gasteiger partial charge >= 0.3 is 0 Å². The Bertz CT molecular complexity index is 210. The van der Waals surface area contributed by atoms with Gasteiger partial charge in [0.2, 0.25) is 0 Å². The summed E-state index contributed by atoms with van der Waals surface area (Å²) in [5.41, 5.74) is 0. The van der Waals surface area contributed by atoms with Gasteiger partial charge in [0.1, 0.15) is 0 Å². The first-order chi connectivity index (χ1) is 7.22. The van der Waals surface area contributed by atoms with Crippen LogP contribution in [0, 0.1) is 0 Å². The van der Waals surface area contributed by atoms with Crippen molar-refractivity contribution in [1.82, 2.24) is 9.80 Å². The van der Waals surface area contributed by atoms with Crippen LogP contribution in [0.2, 0.25) is 0 Å². The van der Waals surface area contributed by atoms with Crippen LogP contribution in [-0.4, -0.2) is 59.3 Å². The first-order valence-corrected chi connectivity index (χ1v) is 6.38. The molecule has 2 aliphatic rings. The minimum Gasteiger partial charge on any atom is -0.391 e. The van der Waals surface area contributed by atoms with Gasteiger partial charge in [0.25, 0.3) is 0 Å². The van der Waals surface area contributed by atoms with Crippen LogP contribution in [0.4, 0.5) is 0 Å². The number of rotatable bonds is 2. The van der Waals surface area contributed by atoms with Crippen LogP contribution < -0.4 is 0 Å². The summed E-state index contributed by atoms with van der Waals surface area (Å²) in [5, 5.41) is 9.90. The molecule has 88 valence electrons. The molecule has 1 aliphatic heterocycles. The number of hydrogen-bond acceptors (Lipinski definition) is 3. The fourth-order valence-electron chi connectivity index (χ4n) is 3.14. The predicted octanol–water partition coefficient (Wildman–Crippen LogP) is 0.926. The summed E-state index contributed by atoms with van der Waals surface area (Å²) in [5.74, 6) is 0. The highest BCUT2D eigenvalue weighted by Gasteiger charge is 2.34. The molecule has 0 radical (unpaired) electrons. The second-order valence-corrected chi connectivity index (χ2v) is 5.04. The van der Waals surface area contributed by atoms with Crippen LogP contribution in [0.15, 0.2) is 0 Å². The molecular formula is C12H24N2O. The summed E-state index contributed by atoms with van der Waals surface area (Å²) in [6, 6.07) is 1.10. The topological polar surface area (TPSA) is 26.7 Å². The molecule has 3 unspecified atom stereocenters. The van der Waals surface area contributed by atoms with Crippen LogP contribution in [0.3, 0.4) is 0 Å². The Balaban J connectivity index is 1.90. The van der Waals surface area contributed by atoms with Crippen molar-refractivity contribution in [1.29, 1.82) is 0 Å². The molecule has 0 spiro atoms. The smallest absolute Gasteiger partial charge is 0.0695 e. The molecule has 0 aromatic rings. The molecule has 3 heteroatoms. The standard InChI is InChI=1S/C12H24N2O/c1-3-13-7-8-14(9-10(13)2)11-5-4-6-12(11)15/h10-12,15H,3-9H2,1-2H3. The van der Waals surface area contributed by atoms with Crippen molar-refractivity contribution in [3.05, 3.63) is 0 Å². The summed E-state index contributed by atoms with van der Waals surface area (Å²) in [4.78, 5) is 5.03. The molecule has 3 atom stereocenters. The molecule has 1 heterocycles. The monoisotopic (exact) mass is 212 g/mol. The average molecular weight is 212 g/mol. The number of aliphatic hydroxyl groups is 1.